The normalized spacial score (nSPS) is 18.0. The standard InChI is InChI=1S/C18H24N4O/c1-12(2)17-19-9-14(20-17)18(23)22-11-13(3)10-21(4)15-7-5-6-8-16(15)22/h5-9,12-13H,10-11H2,1-4H3,(H,19,20). The number of carbonyl (C=O) groups is 1. The van der Waals surface area contributed by atoms with Gasteiger partial charge < -0.3 is 14.8 Å². The maximum atomic E-state index is 13.0. The van der Waals surface area contributed by atoms with Gasteiger partial charge in [-0.25, -0.2) is 4.98 Å². The number of aromatic nitrogens is 2. The highest BCUT2D eigenvalue weighted by Crippen LogP contribution is 2.33. The van der Waals surface area contributed by atoms with Crippen molar-refractivity contribution in [3.63, 3.8) is 0 Å². The molecule has 1 unspecified atom stereocenters. The zero-order chi connectivity index (χ0) is 16.6. The zero-order valence-corrected chi connectivity index (χ0v) is 14.2. The highest BCUT2D eigenvalue weighted by atomic mass is 16.2. The van der Waals surface area contributed by atoms with Crippen LogP contribution in [-0.2, 0) is 0 Å². The number of hydrogen-bond donors (Lipinski definition) is 1. The van der Waals surface area contributed by atoms with E-state index in [0.717, 1.165) is 23.7 Å². The van der Waals surface area contributed by atoms with E-state index in [0.29, 0.717) is 18.2 Å². The van der Waals surface area contributed by atoms with Crippen molar-refractivity contribution in [3.8, 4) is 0 Å². The molecular formula is C18H24N4O. The average molecular weight is 312 g/mol. The van der Waals surface area contributed by atoms with Crippen molar-refractivity contribution in [2.24, 2.45) is 5.92 Å². The number of aromatic amines is 1. The molecule has 1 aliphatic rings. The molecule has 3 rings (SSSR count). The Bertz CT molecular complexity index is 707. The molecule has 1 aromatic carbocycles. The van der Waals surface area contributed by atoms with Crippen molar-refractivity contribution in [2.45, 2.75) is 26.7 Å². The number of imidazole rings is 1. The molecule has 1 atom stereocenters. The molecule has 0 saturated heterocycles. The van der Waals surface area contributed by atoms with E-state index in [2.05, 4.69) is 48.8 Å². The fourth-order valence-electron chi connectivity index (χ4n) is 3.13. The fourth-order valence-corrected chi connectivity index (χ4v) is 3.13. The molecule has 5 nitrogen and oxygen atoms in total. The summed E-state index contributed by atoms with van der Waals surface area (Å²) in [6.45, 7) is 7.93. The highest BCUT2D eigenvalue weighted by Gasteiger charge is 2.28. The maximum absolute atomic E-state index is 13.0. The van der Waals surface area contributed by atoms with Crippen LogP contribution in [0.3, 0.4) is 0 Å². The number of H-pyrrole nitrogens is 1. The first-order valence-corrected chi connectivity index (χ1v) is 8.14. The Morgan fingerprint density at radius 1 is 1.26 bits per heavy atom. The van der Waals surface area contributed by atoms with Gasteiger partial charge >= 0.3 is 0 Å². The minimum absolute atomic E-state index is 0.0148. The second kappa shape index (κ2) is 6.07. The molecule has 2 aromatic rings. The molecule has 1 aromatic heterocycles. The molecule has 1 aliphatic heterocycles. The molecule has 23 heavy (non-hydrogen) atoms. The van der Waals surface area contributed by atoms with E-state index in [4.69, 9.17) is 0 Å². The van der Waals surface area contributed by atoms with Crippen LogP contribution in [0.2, 0.25) is 0 Å². The van der Waals surface area contributed by atoms with Gasteiger partial charge in [0.15, 0.2) is 0 Å². The van der Waals surface area contributed by atoms with Crippen molar-refractivity contribution in [2.75, 3.05) is 29.9 Å². The van der Waals surface area contributed by atoms with Gasteiger partial charge in [0.25, 0.3) is 5.91 Å². The van der Waals surface area contributed by atoms with Crippen LogP contribution < -0.4 is 9.80 Å². The van der Waals surface area contributed by atoms with Gasteiger partial charge in [-0.1, -0.05) is 32.9 Å². The van der Waals surface area contributed by atoms with Gasteiger partial charge in [-0.3, -0.25) is 4.79 Å². The van der Waals surface area contributed by atoms with Gasteiger partial charge in [-0.15, -0.1) is 0 Å². The van der Waals surface area contributed by atoms with Crippen molar-refractivity contribution < 1.29 is 4.79 Å². The molecule has 0 saturated carbocycles. The third-order valence-corrected chi connectivity index (χ3v) is 4.28. The van der Waals surface area contributed by atoms with Crippen molar-refractivity contribution in [3.05, 3.63) is 42.0 Å². The minimum atomic E-state index is -0.0148. The van der Waals surface area contributed by atoms with Gasteiger partial charge in [0.2, 0.25) is 0 Å². The van der Waals surface area contributed by atoms with E-state index >= 15 is 0 Å². The number of para-hydroxylation sites is 2. The predicted molar refractivity (Wildman–Crippen MR) is 93.2 cm³/mol. The first-order valence-electron chi connectivity index (χ1n) is 8.14. The summed E-state index contributed by atoms with van der Waals surface area (Å²) in [6.07, 6.45) is 1.65. The summed E-state index contributed by atoms with van der Waals surface area (Å²) in [5.41, 5.74) is 2.61. The van der Waals surface area contributed by atoms with Gasteiger partial charge in [-0.2, -0.15) is 0 Å². The second-order valence-electron chi connectivity index (χ2n) is 6.73. The third-order valence-electron chi connectivity index (χ3n) is 4.28. The summed E-state index contributed by atoms with van der Waals surface area (Å²) in [5.74, 6) is 1.50. The molecule has 1 amide bonds. The van der Waals surface area contributed by atoms with Crippen LogP contribution in [0.4, 0.5) is 11.4 Å². The van der Waals surface area contributed by atoms with E-state index in [1.54, 1.807) is 6.20 Å². The Labute approximate surface area is 137 Å². The smallest absolute Gasteiger partial charge is 0.276 e. The molecule has 0 fully saturated rings. The van der Waals surface area contributed by atoms with Crippen LogP contribution in [0.15, 0.2) is 30.5 Å². The molecule has 0 aliphatic carbocycles. The Morgan fingerprint density at radius 2 is 1.96 bits per heavy atom. The van der Waals surface area contributed by atoms with Crippen LogP contribution in [-0.4, -0.2) is 36.0 Å². The van der Waals surface area contributed by atoms with Gasteiger partial charge in [0, 0.05) is 26.1 Å². The van der Waals surface area contributed by atoms with E-state index < -0.39 is 0 Å². The minimum Gasteiger partial charge on any atom is -0.373 e. The van der Waals surface area contributed by atoms with Gasteiger partial charge in [0.1, 0.15) is 11.5 Å². The SMILES string of the molecule is CC1CN(C)c2ccccc2N(C(=O)c2cnc(C(C)C)[nH]2)C1. The van der Waals surface area contributed by atoms with E-state index in [1.807, 2.05) is 23.1 Å². The number of benzene rings is 1. The molecule has 0 bridgehead atoms. The molecule has 1 N–H and O–H groups in total. The quantitative estimate of drug-likeness (QED) is 0.926. The number of amides is 1. The first-order chi connectivity index (χ1) is 11.0. The number of rotatable bonds is 2. The predicted octanol–water partition coefficient (Wildman–Crippen LogP) is 3.27. The summed E-state index contributed by atoms with van der Waals surface area (Å²) < 4.78 is 0. The topological polar surface area (TPSA) is 52.2 Å². The lowest BCUT2D eigenvalue weighted by Crippen LogP contribution is -2.35. The lowest BCUT2D eigenvalue weighted by molar-refractivity contribution is 0.0980. The summed E-state index contributed by atoms with van der Waals surface area (Å²) >= 11 is 0. The maximum Gasteiger partial charge on any atom is 0.276 e. The monoisotopic (exact) mass is 312 g/mol. The molecule has 0 spiro atoms. The number of anilines is 2. The first kappa shape index (κ1) is 15.6. The number of nitrogens with one attached hydrogen (secondary N) is 1. The Morgan fingerprint density at radius 3 is 2.61 bits per heavy atom. The molecule has 0 radical (unpaired) electrons. The molecule has 2 heterocycles. The van der Waals surface area contributed by atoms with E-state index in [1.165, 1.54) is 0 Å². The van der Waals surface area contributed by atoms with Crippen molar-refractivity contribution in [1.82, 2.24) is 9.97 Å². The summed E-state index contributed by atoms with van der Waals surface area (Å²) in [4.78, 5) is 24.6. The Kier molecular flexibility index (Phi) is 4.11. The summed E-state index contributed by atoms with van der Waals surface area (Å²) in [6, 6.07) is 8.08. The average Bonchev–Trinajstić information content (AvgIpc) is 2.97. The summed E-state index contributed by atoms with van der Waals surface area (Å²) in [5, 5.41) is 0. The number of carbonyl (C=O) groups excluding carboxylic acids is 1. The number of fused-ring (bicyclic) bond motifs is 1. The lowest BCUT2D eigenvalue weighted by Gasteiger charge is -2.24. The summed E-state index contributed by atoms with van der Waals surface area (Å²) in [7, 11) is 2.08. The zero-order valence-electron chi connectivity index (χ0n) is 14.2. The molecular weight excluding hydrogens is 288 g/mol. The Hall–Kier alpha value is -2.30. The Balaban J connectivity index is 1.99. The number of nitrogens with zero attached hydrogens (tertiary/aromatic N) is 3. The van der Waals surface area contributed by atoms with Crippen LogP contribution in [0.5, 0.6) is 0 Å². The third kappa shape index (κ3) is 2.96. The largest absolute Gasteiger partial charge is 0.373 e. The van der Waals surface area contributed by atoms with Gasteiger partial charge in [0.05, 0.1) is 17.6 Å². The lowest BCUT2D eigenvalue weighted by atomic mass is 10.1. The van der Waals surface area contributed by atoms with Gasteiger partial charge in [-0.05, 0) is 18.1 Å². The van der Waals surface area contributed by atoms with Crippen LogP contribution in [0, 0.1) is 5.92 Å². The van der Waals surface area contributed by atoms with E-state index in [-0.39, 0.29) is 11.8 Å². The van der Waals surface area contributed by atoms with E-state index in [9.17, 15) is 4.79 Å². The van der Waals surface area contributed by atoms with Crippen molar-refractivity contribution >= 4 is 17.3 Å². The fraction of sp³-hybridized carbons (Fsp3) is 0.444. The second-order valence-corrected chi connectivity index (χ2v) is 6.73. The van der Waals surface area contributed by atoms with Crippen LogP contribution >= 0.6 is 0 Å². The molecule has 122 valence electrons. The van der Waals surface area contributed by atoms with Crippen LogP contribution in [0.25, 0.3) is 0 Å². The van der Waals surface area contributed by atoms with Crippen molar-refractivity contribution in [1.29, 1.82) is 0 Å². The van der Waals surface area contributed by atoms with Crippen LogP contribution in [0.1, 0.15) is 43.0 Å². The number of hydrogen-bond acceptors (Lipinski definition) is 3. The molecule has 5 heteroatoms. The highest BCUT2D eigenvalue weighted by molar-refractivity contribution is 6.06.